The molecule has 2 aromatic rings. The number of sulfonamides is 1. The number of aryl methyl sites for hydroxylation is 2. The molecule has 148 valence electrons. The molecule has 1 aliphatic carbocycles. The highest BCUT2D eigenvalue weighted by atomic mass is 32.2. The number of benzene rings is 2. The van der Waals surface area contributed by atoms with Crippen molar-refractivity contribution in [2.24, 2.45) is 0 Å². The smallest absolute Gasteiger partial charge is 0.257 e. The van der Waals surface area contributed by atoms with Crippen LogP contribution in [0.5, 0.6) is 5.75 Å². The second-order valence-corrected chi connectivity index (χ2v) is 9.20. The lowest BCUT2D eigenvalue weighted by molar-refractivity contribution is -0.122. The number of hydrogen-bond acceptors (Lipinski definition) is 4. The van der Waals surface area contributed by atoms with Crippen molar-refractivity contribution in [1.82, 2.24) is 5.32 Å². The third-order valence-electron chi connectivity index (χ3n) is 5.30. The molecule has 0 radical (unpaired) electrons. The lowest BCUT2D eigenvalue weighted by Gasteiger charge is -2.19. The monoisotopic (exact) mass is 400 g/mol. The normalized spacial score (nSPS) is 15.2. The van der Waals surface area contributed by atoms with Crippen LogP contribution in [-0.2, 0) is 34.1 Å². The Morgan fingerprint density at radius 3 is 2.75 bits per heavy atom. The van der Waals surface area contributed by atoms with Crippen LogP contribution in [0.15, 0.2) is 42.5 Å². The van der Waals surface area contributed by atoms with E-state index in [1.165, 1.54) is 15.4 Å². The van der Waals surface area contributed by atoms with Crippen LogP contribution in [0.4, 0.5) is 5.69 Å². The topological polar surface area (TPSA) is 75.7 Å². The van der Waals surface area contributed by atoms with Gasteiger partial charge in [-0.1, -0.05) is 24.3 Å². The number of hydrogen-bond donors (Lipinski definition) is 1. The van der Waals surface area contributed by atoms with Gasteiger partial charge in [-0.3, -0.25) is 9.10 Å². The highest BCUT2D eigenvalue weighted by molar-refractivity contribution is 7.92. The maximum absolute atomic E-state index is 12.6. The van der Waals surface area contributed by atoms with Crippen LogP contribution in [0.1, 0.15) is 23.1 Å². The predicted octanol–water partition coefficient (Wildman–Crippen LogP) is 2.06. The summed E-state index contributed by atoms with van der Waals surface area (Å²) in [7, 11) is -3.47. The molecule has 6 nitrogen and oxygen atoms in total. The average molecular weight is 401 g/mol. The van der Waals surface area contributed by atoms with Crippen LogP contribution in [-0.4, -0.2) is 39.8 Å². The zero-order chi connectivity index (χ0) is 19.6. The fourth-order valence-corrected chi connectivity index (χ4v) is 5.29. The fraction of sp³-hybridized carbons (Fsp3) is 0.381. The van der Waals surface area contributed by atoms with Gasteiger partial charge < -0.3 is 10.1 Å². The molecule has 0 unspecified atom stereocenters. The van der Waals surface area contributed by atoms with Crippen molar-refractivity contribution in [2.45, 2.75) is 25.7 Å². The molecule has 0 saturated carbocycles. The predicted molar refractivity (Wildman–Crippen MR) is 108 cm³/mol. The van der Waals surface area contributed by atoms with Gasteiger partial charge in [-0.05, 0) is 60.6 Å². The molecular formula is C21H24N2O4S. The van der Waals surface area contributed by atoms with Crippen LogP contribution >= 0.6 is 0 Å². The van der Waals surface area contributed by atoms with Crippen molar-refractivity contribution >= 4 is 21.6 Å². The molecule has 0 spiro atoms. The van der Waals surface area contributed by atoms with E-state index in [9.17, 15) is 13.2 Å². The minimum atomic E-state index is -3.47. The summed E-state index contributed by atoms with van der Waals surface area (Å²) >= 11 is 0. The van der Waals surface area contributed by atoms with Gasteiger partial charge in [0.05, 0.1) is 11.4 Å². The van der Waals surface area contributed by atoms with Crippen molar-refractivity contribution in [1.29, 1.82) is 0 Å². The molecule has 0 aromatic heterocycles. The zero-order valence-electron chi connectivity index (χ0n) is 15.7. The van der Waals surface area contributed by atoms with Gasteiger partial charge in [0.25, 0.3) is 5.91 Å². The van der Waals surface area contributed by atoms with Gasteiger partial charge >= 0.3 is 0 Å². The Kier molecular flexibility index (Phi) is 5.26. The summed E-state index contributed by atoms with van der Waals surface area (Å²) < 4.78 is 32.2. The summed E-state index contributed by atoms with van der Waals surface area (Å²) in [6.45, 7) is 0.399. The molecule has 7 heteroatoms. The molecule has 0 atom stereocenters. The van der Waals surface area contributed by atoms with E-state index in [1.54, 1.807) is 0 Å². The van der Waals surface area contributed by atoms with Gasteiger partial charge in [-0.15, -0.1) is 0 Å². The second-order valence-electron chi connectivity index (χ2n) is 7.19. The number of para-hydroxylation sites is 1. The van der Waals surface area contributed by atoms with E-state index in [1.807, 2.05) is 36.4 Å². The molecule has 2 aromatic carbocycles. The molecular weight excluding hydrogens is 376 g/mol. The number of nitrogens with zero attached hydrogens (tertiary/aromatic N) is 1. The van der Waals surface area contributed by atoms with Crippen LogP contribution in [0, 0.1) is 0 Å². The number of carbonyl (C=O) groups is 1. The molecule has 2 aliphatic rings. The molecule has 1 aliphatic heterocycles. The van der Waals surface area contributed by atoms with E-state index < -0.39 is 10.0 Å². The summed E-state index contributed by atoms with van der Waals surface area (Å²) in [6, 6.07) is 13.4. The minimum absolute atomic E-state index is 0.0629. The summed E-state index contributed by atoms with van der Waals surface area (Å²) in [6.07, 6.45) is 4.04. The Hall–Kier alpha value is -2.54. The quantitative estimate of drug-likeness (QED) is 0.772. The van der Waals surface area contributed by atoms with E-state index >= 15 is 0 Å². The van der Waals surface area contributed by atoms with Gasteiger partial charge in [0.1, 0.15) is 5.75 Å². The van der Waals surface area contributed by atoms with E-state index in [2.05, 4.69) is 11.4 Å². The summed E-state index contributed by atoms with van der Waals surface area (Å²) in [4.78, 5) is 12.0. The standard InChI is InChI=1S/C21H24N2O4S/c24-21(15-27-19-9-8-16-5-3-6-18(16)14-19)22-11-13-28(25,26)23-12-10-17-4-1-2-7-20(17)23/h1-2,4,7-9,14H,3,5-6,10-13,15H2,(H,22,24). The lowest BCUT2D eigenvalue weighted by Crippen LogP contribution is -2.38. The lowest BCUT2D eigenvalue weighted by atomic mass is 10.1. The first-order valence-electron chi connectivity index (χ1n) is 9.62. The highest BCUT2D eigenvalue weighted by Gasteiger charge is 2.28. The highest BCUT2D eigenvalue weighted by Crippen LogP contribution is 2.30. The maximum atomic E-state index is 12.6. The van der Waals surface area contributed by atoms with E-state index in [-0.39, 0.29) is 24.8 Å². The van der Waals surface area contributed by atoms with Crippen molar-refractivity contribution in [3.05, 3.63) is 59.2 Å². The van der Waals surface area contributed by atoms with Gasteiger partial charge in [-0.25, -0.2) is 8.42 Å². The number of rotatable bonds is 7. The molecule has 0 fully saturated rings. The first kappa shape index (κ1) is 18.8. The summed E-state index contributed by atoms with van der Waals surface area (Å²) in [5.41, 5.74) is 4.42. The van der Waals surface area contributed by atoms with Crippen LogP contribution in [0.3, 0.4) is 0 Å². The Morgan fingerprint density at radius 2 is 1.86 bits per heavy atom. The van der Waals surface area contributed by atoms with Gasteiger partial charge in [0.2, 0.25) is 10.0 Å². The number of fused-ring (bicyclic) bond motifs is 2. The Labute approximate surface area is 165 Å². The first-order valence-corrected chi connectivity index (χ1v) is 11.2. The number of carbonyl (C=O) groups excluding carboxylic acids is 1. The zero-order valence-corrected chi connectivity index (χ0v) is 16.5. The third-order valence-corrected chi connectivity index (χ3v) is 7.07. The number of nitrogens with one attached hydrogen (secondary N) is 1. The Bertz CT molecular complexity index is 988. The van der Waals surface area contributed by atoms with Crippen molar-refractivity contribution in [3.63, 3.8) is 0 Å². The summed E-state index contributed by atoms with van der Waals surface area (Å²) in [5.74, 6) is 0.223. The number of ether oxygens (including phenoxy) is 1. The van der Waals surface area contributed by atoms with Crippen molar-refractivity contribution < 1.29 is 17.9 Å². The van der Waals surface area contributed by atoms with Crippen molar-refractivity contribution in [3.8, 4) is 5.75 Å². The minimum Gasteiger partial charge on any atom is -0.484 e. The molecule has 4 rings (SSSR count). The third kappa shape index (κ3) is 3.99. The van der Waals surface area contributed by atoms with Crippen LogP contribution in [0.25, 0.3) is 0 Å². The Balaban J connectivity index is 1.25. The number of anilines is 1. The second kappa shape index (κ2) is 7.83. The largest absolute Gasteiger partial charge is 0.484 e. The molecule has 1 heterocycles. The molecule has 28 heavy (non-hydrogen) atoms. The molecule has 1 N–H and O–H groups in total. The average Bonchev–Trinajstić information content (AvgIpc) is 3.32. The van der Waals surface area contributed by atoms with E-state index in [4.69, 9.17) is 4.74 Å². The molecule has 0 bridgehead atoms. The van der Waals surface area contributed by atoms with Crippen molar-refractivity contribution in [2.75, 3.05) is 29.8 Å². The van der Waals surface area contributed by atoms with Crippen LogP contribution < -0.4 is 14.4 Å². The SMILES string of the molecule is O=C(COc1ccc2c(c1)CCC2)NCCS(=O)(=O)N1CCc2ccccc21. The van der Waals surface area contributed by atoms with E-state index in [0.29, 0.717) is 12.3 Å². The molecule has 1 amide bonds. The van der Waals surface area contributed by atoms with Gasteiger partial charge in [0.15, 0.2) is 6.61 Å². The Morgan fingerprint density at radius 1 is 1.04 bits per heavy atom. The van der Waals surface area contributed by atoms with Crippen LogP contribution in [0.2, 0.25) is 0 Å². The fourth-order valence-electron chi connectivity index (χ4n) is 3.86. The summed E-state index contributed by atoms with van der Waals surface area (Å²) in [5, 5.41) is 2.64. The first-order chi connectivity index (χ1) is 13.5. The molecule has 0 saturated heterocycles. The van der Waals surface area contributed by atoms with E-state index in [0.717, 1.165) is 36.9 Å². The number of amides is 1. The maximum Gasteiger partial charge on any atom is 0.257 e. The van der Waals surface area contributed by atoms with Gasteiger partial charge in [0, 0.05) is 13.1 Å². The van der Waals surface area contributed by atoms with Gasteiger partial charge in [-0.2, -0.15) is 0 Å².